The summed E-state index contributed by atoms with van der Waals surface area (Å²) in [7, 11) is 1.70. The lowest BCUT2D eigenvalue weighted by Gasteiger charge is -2.56. The van der Waals surface area contributed by atoms with E-state index in [4.69, 9.17) is 11.6 Å². The summed E-state index contributed by atoms with van der Waals surface area (Å²) in [5.41, 5.74) is -1.19. The van der Waals surface area contributed by atoms with Crippen LogP contribution < -0.4 is 5.32 Å². The number of anilines is 1. The van der Waals surface area contributed by atoms with Gasteiger partial charge in [-0.25, -0.2) is 0 Å². The number of carbonyl (C=O) groups excluding carboxylic acids is 2. The minimum absolute atomic E-state index is 0.0255. The molecule has 4 aliphatic rings. The zero-order valence-corrected chi connectivity index (χ0v) is 17.7. The standard InChI is InChI=1S/C22H26ClF3N2O2/c1-28(11-19(29)21-8-13-4-14(9-21)6-15(5-13)10-21)12-20(30)27-16-2-3-18(23)17(7-16)22(24,25)26/h2-3,7,13-15H,4-6,8-12H2,1H3,(H,27,30). The molecule has 8 heteroatoms. The van der Waals surface area contributed by atoms with Gasteiger partial charge in [0.1, 0.15) is 0 Å². The molecule has 4 saturated carbocycles. The van der Waals surface area contributed by atoms with Crippen molar-refractivity contribution in [2.24, 2.45) is 23.2 Å². The number of benzene rings is 1. The zero-order chi connectivity index (χ0) is 21.7. The lowest BCUT2D eigenvalue weighted by atomic mass is 9.48. The van der Waals surface area contributed by atoms with E-state index in [1.807, 2.05) is 0 Å². The smallest absolute Gasteiger partial charge is 0.325 e. The van der Waals surface area contributed by atoms with Gasteiger partial charge in [-0.05, 0) is 81.5 Å². The summed E-state index contributed by atoms with van der Waals surface area (Å²) in [5.74, 6) is 1.75. The summed E-state index contributed by atoms with van der Waals surface area (Å²) in [6, 6.07) is 3.26. The predicted octanol–water partition coefficient (Wildman–Crippen LogP) is 5.01. The number of ketones is 1. The van der Waals surface area contributed by atoms with Crippen LogP contribution in [0, 0.1) is 23.2 Å². The molecular weight excluding hydrogens is 417 g/mol. The fraction of sp³-hybridized carbons (Fsp3) is 0.636. The Hall–Kier alpha value is -1.60. The van der Waals surface area contributed by atoms with E-state index in [1.54, 1.807) is 11.9 Å². The molecule has 164 valence electrons. The fourth-order valence-electron chi connectivity index (χ4n) is 6.19. The van der Waals surface area contributed by atoms with E-state index in [2.05, 4.69) is 5.32 Å². The van der Waals surface area contributed by atoms with E-state index < -0.39 is 22.7 Å². The molecular formula is C22H26ClF3N2O2. The van der Waals surface area contributed by atoms with Crippen molar-refractivity contribution < 1.29 is 22.8 Å². The van der Waals surface area contributed by atoms with Crippen LogP contribution in [-0.2, 0) is 15.8 Å². The van der Waals surface area contributed by atoms with Crippen LogP contribution in [-0.4, -0.2) is 36.7 Å². The molecule has 1 aromatic carbocycles. The van der Waals surface area contributed by atoms with E-state index in [-0.39, 0.29) is 30.0 Å². The van der Waals surface area contributed by atoms with Gasteiger partial charge in [-0.2, -0.15) is 13.2 Å². The summed E-state index contributed by atoms with van der Waals surface area (Å²) in [6.45, 7) is 0.121. The lowest BCUT2D eigenvalue weighted by Crippen LogP contribution is -2.52. The molecule has 4 nitrogen and oxygen atoms in total. The number of nitrogens with one attached hydrogen (secondary N) is 1. The Kier molecular flexibility index (Phi) is 5.64. The second-order valence-electron chi connectivity index (χ2n) is 9.53. The molecule has 0 atom stereocenters. The van der Waals surface area contributed by atoms with Gasteiger partial charge >= 0.3 is 6.18 Å². The van der Waals surface area contributed by atoms with Gasteiger partial charge in [0.25, 0.3) is 0 Å². The first-order valence-corrected chi connectivity index (χ1v) is 10.8. The summed E-state index contributed by atoms with van der Waals surface area (Å²) >= 11 is 5.61. The lowest BCUT2D eigenvalue weighted by molar-refractivity contribution is -0.145. The summed E-state index contributed by atoms with van der Waals surface area (Å²) in [6.07, 6.45) is 2.09. The number of halogens is 4. The predicted molar refractivity (Wildman–Crippen MR) is 108 cm³/mol. The van der Waals surface area contributed by atoms with E-state index in [0.29, 0.717) is 17.8 Å². The number of Topliss-reactive ketones (excluding diaryl/α,β-unsaturated/α-hetero) is 1. The normalized spacial score (nSPS) is 30.0. The number of carbonyl (C=O) groups is 2. The number of hydrogen-bond acceptors (Lipinski definition) is 3. The van der Waals surface area contributed by atoms with Crippen LogP contribution in [0.4, 0.5) is 18.9 Å². The number of rotatable bonds is 6. The minimum Gasteiger partial charge on any atom is -0.325 e. The first kappa shape index (κ1) is 21.6. The Morgan fingerprint density at radius 2 is 1.67 bits per heavy atom. The third kappa shape index (κ3) is 4.37. The molecule has 0 radical (unpaired) electrons. The third-order valence-electron chi connectivity index (χ3n) is 7.01. The van der Waals surface area contributed by atoms with Crippen LogP contribution in [0.25, 0.3) is 0 Å². The topological polar surface area (TPSA) is 49.4 Å². The molecule has 4 fully saturated rings. The second-order valence-corrected chi connectivity index (χ2v) is 9.94. The van der Waals surface area contributed by atoms with Crippen molar-refractivity contribution in [2.45, 2.75) is 44.7 Å². The van der Waals surface area contributed by atoms with Gasteiger partial charge in [0.05, 0.1) is 23.7 Å². The second kappa shape index (κ2) is 7.83. The summed E-state index contributed by atoms with van der Waals surface area (Å²) in [4.78, 5) is 27.1. The molecule has 0 aromatic heterocycles. The highest BCUT2D eigenvalue weighted by atomic mass is 35.5. The van der Waals surface area contributed by atoms with E-state index in [1.165, 1.54) is 25.3 Å². The third-order valence-corrected chi connectivity index (χ3v) is 7.34. The van der Waals surface area contributed by atoms with Crippen molar-refractivity contribution in [3.05, 3.63) is 28.8 Å². The molecule has 1 amide bonds. The van der Waals surface area contributed by atoms with Crippen molar-refractivity contribution >= 4 is 29.0 Å². The van der Waals surface area contributed by atoms with E-state index in [9.17, 15) is 22.8 Å². The molecule has 0 aliphatic heterocycles. The van der Waals surface area contributed by atoms with E-state index >= 15 is 0 Å². The van der Waals surface area contributed by atoms with E-state index in [0.717, 1.165) is 31.4 Å². The van der Waals surface area contributed by atoms with Gasteiger partial charge in [0, 0.05) is 11.1 Å². The highest BCUT2D eigenvalue weighted by molar-refractivity contribution is 6.31. The quantitative estimate of drug-likeness (QED) is 0.673. The first-order chi connectivity index (χ1) is 14.0. The molecule has 30 heavy (non-hydrogen) atoms. The number of amides is 1. The van der Waals surface area contributed by atoms with Gasteiger partial charge in [-0.3, -0.25) is 14.5 Å². The SMILES string of the molecule is CN(CC(=O)Nc1ccc(Cl)c(C(F)(F)F)c1)CC(=O)C12CC3CC(CC(C3)C1)C2. The highest BCUT2D eigenvalue weighted by Gasteiger charge is 2.54. The molecule has 1 N–H and O–H groups in total. The van der Waals surface area contributed by atoms with Gasteiger partial charge < -0.3 is 5.32 Å². The fourth-order valence-corrected chi connectivity index (χ4v) is 6.41. The zero-order valence-electron chi connectivity index (χ0n) is 16.9. The van der Waals surface area contributed by atoms with Crippen LogP contribution in [0.5, 0.6) is 0 Å². The first-order valence-electron chi connectivity index (χ1n) is 10.4. The summed E-state index contributed by atoms with van der Waals surface area (Å²) < 4.78 is 39.0. The number of nitrogens with zero attached hydrogens (tertiary/aromatic N) is 1. The maximum atomic E-state index is 13.1. The number of hydrogen-bond donors (Lipinski definition) is 1. The minimum atomic E-state index is -4.60. The molecule has 0 saturated heterocycles. The van der Waals surface area contributed by atoms with Crippen molar-refractivity contribution in [1.82, 2.24) is 4.90 Å². The van der Waals surface area contributed by atoms with Crippen LogP contribution >= 0.6 is 11.6 Å². The Balaban J connectivity index is 1.34. The van der Waals surface area contributed by atoms with Gasteiger partial charge in [-0.1, -0.05) is 11.6 Å². The van der Waals surface area contributed by atoms with Gasteiger partial charge in [0.15, 0.2) is 5.78 Å². The number of alkyl halides is 3. The van der Waals surface area contributed by atoms with Crippen LogP contribution in [0.15, 0.2) is 18.2 Å². The number of likely N-dealkylation sites (N-methyl/N-ethyl adjacent to an activating group) is 1. The molecule has 4 aliphatic carbocycles. The van der Waals surface area contributed by atoms with Crippen molar-refractivity contribution in [2.75, 3.05) is 25.5 Å². The average Bonchev–Trinajstić information content (AvgIpc) is 2.61. The van der Waals surface area contributed by atoms with Crippen molar-refractivity contribution in [3.8, 4) is 0 Å². The monoisotopic (exact) mass is 442 g/mol. The van der Waals surface area contributed by atoms with Gasteiger partial charge in [-0.15, -0.1) is 0 Å². The molecule has 0 heterocycles. The Labute approximate surface area is 179 Å². The van der Waals surface area contributed by atoms with Crippen molar-refractivity contribution in [1.29, 1.82) is 0 Å². The van der Waals surface area contributed by atoms with Crippen LogP contribution in [0.1, 0.15) is 44.1 Å². The van der Waals surface area contributed by atoms with Crippen LogP contribution in [0.3, 0.4) is 0 Å². The average molecular weight is 443 g/mol. The Morgan fingerprint density at radius 3 is 2.20 bits per heavy atom. The largest absolute Gasteiger partial charge is 0.417 e. The molecule has 4 bridgehead atoms. The molecule has 5 rings (SSSR count). The Morgan fingerprint density at radius 1 is 1.10 bits per heavy atom. The summed E-state index contributed by atoms with van der Waals surface area (Å²) in [5, 5.41) is 2.05. The molecule has 0 unspecified atom stereocenters. The maximum absolute atomic E-state index is 13.1. The Bertz CT molecular complexity index is 820. The van der Waals surface area contributed by atoms with Crippen LogP contribution in [0.2, 0.25) is 5.02 Å². The van der Waals surface area contributed by atoms with Crippen molar-refractivity contribution in [3.63, 3.8) is 0 Å². The van der Waals surface area contributed by atoms with Gasteiger partial charge in [0.2, 0.25) is 5.91 Å². The maximum Gasteiger partial charge on any atom is 0.417 e. The molecule has 0 spiro atoms. The highest BCUT2D eigenvalue weighted by Crippen LogP contribution is 2.60. The molecule has 1 aromatic rings.